The van der Waals surface area contributed by atoms with Gasteiger partial charge in [-0.1, -0.05) is 25.0 Å². The van der Waals surface area contributed by atoms with Gasteiger partial charge in [0, 0.05) is 18.5 Å². The van der Waals surface area contributed by atoms with Crippen LogP contribution >= 0.6 is 0 Å². The summed E-state index contributed by atoms with van der Waals surface area (Å²) in [4.78, 5) is 13.5. The van der Waals surface area contributed by atoms with Crippen molar-refractivity contribution < 1.29 is 19.0 Å². The van der Waals surface area contributed by atoms with E-state index >= 15 is 0 Å². The lowest BCUT2D eigenvalue weighted by atomic mass is 9.73. The Balaban J connectivity index is 1.64. The number of allylic oxidation sites excluding steroid dienone is 1. The second-order valence-electron chi connectivity index (χ2n) is 9.52. The van der Waals surface area contributed by atoms with Gasteiger partial charge in [0.2, 0.25) is 0 Å². The number of hydrogen-bond acceptors (Lipinski definition) is 9. The van der Waals surface area contributed by atoms with Crippen LogP contribution in [0.5, 0.6) is 11.5 Å². The summed E-state index contributed by atoms with van der Waals surface area (Å²) < 4.78 is 18.8. The van der Waals surface area contributed by atoms with Crippen LogP contribution in [0.25, 0.3) is 0 Å². The Labute approximate surface area is 197 Å². The van der Waals surface area contributed by atoms with E-state index in [9.17, 15) is 4.79 Å². The largest absolute Gasteiger partial charge is 0.493 e. The first-order valence-electron chi connectivity index (χ1n) is 11.1. The van der Waals surface area contributed by atoms with Crippen LogP contribution in [-0.2, 0) is 9.53 Å². The number of methoxy groups -OCH3 is 2. The number of carbonyl (C=O) groups excluding carboxylic acids is 1. The number of rotatable bonds is 3. The van der Waals surface area contributed by atoms with E-state index in [1.165, 1.54) is 0 Å². The quantitative estimate of drug-likeness (QED) is 0.744. The zero-order chi connectivity index (χ0) is 24.2. The van der Waals surface area contributed by atoms with E-state index in [1.54, 1.807) is 23.9 Å². The molecule has 34 heavy (non-hydrogen) atoms. The molecular formula is C24H28N6O4. The van der Waals surface area contributed by atoms with Crippen LogP contribution < -0.4 is 14.9 Å². The van der Waals surface area contributed by atoms with Crippen LogP contribution in [0, 0.1) is 19.3 Å². The molecule has 0 saturated heterocycles. The zero-order valence-corrected chi connectivity index (χ0v) is 20.2. The van der Waals surface area contributed by atoms with Crippen LogP contribution in [0.1, 0.15) is 49.7 Å². The second kappa shape index (κ2) is 7.89. The Morgan fingerprint density at radius 1 is 1.09 bits per heavy atom. The molecule has 0 bridgehead atoms. The number of nitrogens with zero attached hydrogens (tertiary/aromatic N) is 5. The number of ether oxygens (including phenoxy) is 3. The minimum absolute atomic E-state index is 0.0436. The van der Waals surface area contributed by atoms with E-state index in [4.69, 9.17) is 14.2 Å². The molecule has 0 fully saturated rings. The van der Waals surface area contributed by atoms with E-state index in [1.807, 2.05) is 38.1 Å². The number of ketones is 1. The van der Waals surface area contributed by atoms with Gasteiger partial charge in [-0.2, -0.15) is 5.10 Å². The van der Waals surface area contributed by atoms with Crippen LogP contribution in [0.4, 0.5) is 0 Å². The second-order valence-corrected chi connectivity index (χ2v) is 9.52. The number of nitrogens with one attached hydrogen (secondary N) is 1. The molecule has 1 unspecified atom stereocenters. The van der Waals surface area contributed by atoms with Crippen molar-refractivity contribution in [3.63, 3.8) is 0 Å². The van der Waals surface area contributed by atoms with Crippen molar-refractivity contribution in [3.05, 3.63) is 52.5 Å². The monoisotopic (exact) mass is 464 g/mol. The summed E-state index contributed by atoms with van der Waals surface area (Å²) in [5, 5.41) is 14.9. The summed E-state index contributed by atoms with van der Waals surface area (Å²) in [5.74, 6) is 2.26. The molecule has 0 saturated carbocycles. The molecule has 1 atom stereocenters. The van der Waals surface area contributed by atoms with E-state index in [2.05, 4.69) is 34.6 Å². The maximum atomic E-state index is 13.5. The Morgan fingerprint density at radius 2 is 1.85 bits per heavy atom. The first-order chi connectivity index (χ1) is 16.2. The standard InChI is InChI=1S/C24H28N6O4/c1-13-9-14(2)29(27-13)22-25-26-23-30(28-22)21(15-7-8-17(32-5)18(10-15)33-6)20-16(31)11-24(3,4)12-19(20)34-23/h7-10,21H,11-12H2,1-6H3,(H,25,28). The molecule has 0 radical (unpaired) electrons. The summed E-state index contributed by atoms with van der Waals surface area (Å²) in [6.07, 6.45) is 1.05. The fourth-order valence-corrected chi connectivity index (χ4v) is 4.75. The number of hydrazine groups is 1. The highest BCUT2D eigenvalue weighted by Crippen LogP contribution is 2.47. The summed E-state index contributed by atoms with van der Waals surface area (Å²) in [7, 11) is 3.18. The molecule has 2 aromatic rings. The summed E-state index contributed by atoms with van der Waals surface area (Å²) in [5.41, 5.74) is 6.27. The smallest absolute Gasteiger partial charge is 0.336 e. The van der Waals surface area contributed by atoms with Crippen molar-refractivity contribution in [2.24, 2.45) is 15.6 Å². The molecule has 178 valence electrons. The van der Waals surface area contributed by atoms with Crippen LogP contribution in [0.15, 0.2) is 45.8 Å². The van der Waals surface area contributed by atoms with Gasteiger partial charge in [0.1, 0.15) is 11.8 Å². The predicted octanol–water partition coefficient (Wildman–Crippen LogP) is 3.23. The van der Waals surface area contributed by atoms with Gasteiger partial charge in [-0.25, -0.2) is 9.69 Å². The SMILES string of the molecule is COc1ccc(C2C3=C(CC(C)(C)CC3=O)OC3=NN=C(n4nc(C)cc4C)NN32)cc1OC. The van der Waals surface area contributed by atoms with Crippen molar-refractivity contribution in [1.82, 2.24) is 20.2 Å². The zero-order valence-electron chi connectivity index (χ0n) is 20.2. The topological polar surface area (TPSA) is 103 Å². The molecule has 1 N–H and O–H groups in total. The highest BCUT2D eigenvalue weighted by atomic mass is 16.5. The van der Waals surface area contributed by atoms with Gasteiger partial charge in [-0.15, -0.1) is 5.10 Å². The van der Waals surface area contributed by atoms with Crippen molar-refractivity contribution >= 4 is 17.8 Å². The molecule has 10 heteroatoms. The van der Waals surface area contributed by atoms with E-state index in [-0.39, 0.29) is 17.2 Å². The van der Waals surface area contributed by atoms with E-state index < -0.39 is 6.04 Å². The van der Waals surface area contributed by atoms with Gasteiger partial charge in [-0.3, -0.25) is 10.2 Å². The van der Waals surface area contributed by atoms with Gasteiger partial charge < -0.3 is 14.2 Å². The van der Waals surface area contributed by atoms with Crippen LogP contribution in [0.3, 0.4) is 0 Å². The number of amidine groups is 1. The molecule has 1 aliphatic carbocycles. The molecule has 5 rings (SSSR count). The average Bonchev–Trinajstić information content (AvgIpc) is 3.13. The maximum Gasteiger partial charge on any atom is 0.336 e. The molecular weight excluding hydrogens is 436 g/mol. The third-order valence-corrected chi connectivity index (χ3v) is 6.22. The van der Waals surface area contributed by atoms with Crippen molar-refractivity contribution in [2.45, 2.75) is 46.6 Å². The molecule has 1 aromatic carbocycles. The van der Waals surface area contributed by atoms with Gasteiger partial charge in [0.05, 0.1) is 25.5 Å². The molecule has 10 nitrogen and oxygen atoms in total. The Kier molecular flexibility index (Phi) is 5.11. The number of aryl methyl sites for hydroxylation is 2. The number of hydrogen-bond donors (Lipinski definition) is 1. The minimum atomic E-state index is -0.506. The molecule has 3 aliphatic rings. The molecule has 0 spiro atoms. The lowest BCUT2D eigenvalue weighted by Crippen LogP contribution is -2.56. The highest BCUT2D eigenvalue weighted by Gasteiger charge is 2.46. The molecule has 2 aliphatic heterocycles. The number of benzene rings is 1. The van der Waals surface area contributed by atoms with Crippen molar-refractivity contribution in [2.75, 3.05) is 14.2 Å². The fourth-order valence-electron chi connectivity index (χ4n) is 4.75. The van der Waals surface area contributed by atoms with Gasteiger partial charge in [0.15, 0.2) is 17.3 Å². The number of Topliss-reactive ketones (excluding diaryl/α,β-unsaturated/α-hetero) is 1. The summed E-state index contributed by atoms with van der Waals surface area (Å²) in [6.45, 7) is 7.98. The molecule has 1 aromatic heterocycles. The average molecular weight is 465 g/mol. The lowest BCUT2D eigenvalue weighted by molar-refractivity contribution is -0.119. The Hall–Kier alpha value is -3.82. The van der Waals surface area contributed by atoms with Crippen molar-refractivity contribution in [3.8, 4) is 11.5 Å². The molecule has 3 heterocycles. The van der Waals surface area contributed by atoms with Gasteiger partial charge >= 0.3 is 6.02 Å². The normalized spacial score (nSPS) is 21.1. The highest BCUT2D eigenvalue weighted by molar-refractivity contribution is 6.01. The Morgan fingerprint density at radius 3 is 2.53 bits per heavy atom. The summed E-state index contributed by atoms with van der Waals surface area (Å²) in [6, 6.07) is 7.35. The van der Waals surface area contributed by atoms with Gasteiger partial charge in [-0.05, 0) is 43.0 Å². The first-order valence-corrected chi connectivity index (χ1v) is 11.1. The fraction of sp³-hybridized carbons (Fsp3) is 0.417. The number of fused-ring (bicyclic) bond motifs is 1. The van der Waals surface area contributed by atoms with Crippen LogP contribution in [0.2, 0.25) is 0 Å². The summed E-state index contributed by atoms with van der Waals surface area (Å²) >= 11 is 0. The van der Waals surface area contributed by atoms with Crippen molar-refractivity contribution in [1.29, 1.82) is 0 Å². The Bertz CT molecular complexity index is 1270. The predicted molar refractivity (Wildman–Crippen MR) is 125 cm³/mol. The van der Waals surface area contributed by atoms with Gasteiger partial charge in [0.25, 0.3) is 5.96 Å². The van der Waals surface area contributed by atoms with Crippen LogP contribution in [-0.4, -0.2) is 46.8 Å². The third-order valence-electron chi connectivity index (χ3n) is 6.22. The molecule has 0 amide bonds. The third kappa shape index (κ3) is 3.59. The number of carbonyl (C=O) groups is 1. The first kappa shape index (κ1) is 22.0. The lowest BCUT2D eigenvalue weighted by Gasteiger charge is -2.44. The van der Waals surface area contributed by atoms with E-state index in [0.29, 0.717) is 41.6 Å². The minimum Gasteiger partial charge on any atom is -0.493 e. The maximum absolute atomic E-state index is 13.5. The van der Waals surface area contributed by atoms with E-state index in [0.717, 1.165) is 17.0 Å². The number of aromatic nitrogens is 2.